The molecule has 0 saturated heterocycles. The Hall–Kier alpha value is -0.300. The van der Waals surface area contributed by atoms with Gasteiger partial charge in [-0.05, 0) is 43.7 Å². The van der Waals surface area contributed by atoms with Crippen LogP contribution in [-0.4, -0.2) is 5.24 Å². The Labute approximate surface area is 131 Å². The van der Waals surface area contributed by atoms with Gasteiger partial charge in [0.05, 0.1) is 0 Å². The standard InChI is InChI=1S/C18H33ClO/c1-2-3-4-5-6-7-8-9-10-11-12-13-14-15-16-17-18(19)20/h12-13H,2-11,14-17H2,1H3. The lowest BCUT2D eigenvalue weighted by atomic mass is 10.1. The zero-order chi connectivity index (χ0) is 14.9. The van der Waals surface area contributed by atoms with Crippen LogP contribution in [0.25, 0.3) is 0 Å². The summed E-state index contributed by atoms with van der Waals surface area (Å²) in [6.07, 6.45) is 21.9. The summed E-state index contributed by atoms with van der Waals surface area (Å²) >= 11 is 5.28. The lowest BCUT2D eigenvalue weighted by Gasteiger charge is -2.00. The molecule has 0 fully saturated rings. The molecule has 0 aliphatic rings. The van der Waals surface area contributed by atoms with Crippen molar-refractivity contribution in [3.63, 3.8) is 0 Å². The van der Waals surface area contributed by atoms with Crippen molar-refractivity contribution in [1.82, 2.24) is 0 Å². The first-order valence-electron chi connectivity index (χ1n) is 8.60. The van der Waals surface area contributed by atoms with Crippen LogP contribution in [0.15, 0.2) is 12.2 Å². The molecule has 0 atom stereocenters. The second-order valence-electron chi connectivity index (χ2n) is 5.69. The van der Waals surface area contributed by atoms with Crippen LogP contribution in [0.2, 0.25) is 0 Å². The molecular weight excluding hydrogens is 268 g/mol. The Morgan fingerprint density at radius 1 is 0.750 bits per heavy atom. The van der Waals surface area contributed by atoms with E-state index in [1.807, 2.05) is 0 Å². The summed E-state index contributed by atoms with van der Waals surface area (Å²) in [5.41, 5.74) is 0. The van der Waals surface area contributed by atoms with Gasteiger partial charge in [0.15, 0.2) is 0 Å². The van der Waals surface area contributed by atoms with Crippen molar-refractivity contribution < 1.29 is 4.79 Å². The van der Waals surface area contributed by atoms with Crippen LogP contribution < -0.4 is 0 Å². The molecular formula is C18H33ClO. The van der Waals surface area contributed by atoms with Crippen molar-refractivity contribution in [2.45, 2.75) is 96.8 Å². The molecule has 20 heavy (non-hydrogen) atoms. The normalized spacial score (nSPS) is 11.3. The molecule has 0 unspecified atom stereocenters. The minimum Gasteiger partial charge on any atom is -0.281 e. The van der Waals surface area contributed by atoms with Gasteiger partial charge in [0.1, 0.15) is 0 Å². The molecule has 0 rings (SSSR count). The predicted molar refractivity (Wildman–Crippen MR) is 90.3 cm³/mol. The lowest BCUT2D eigenvalue weighted by Crippen LogP contribution is -1.84. The molecule has 0 aromatic heterocycles. The molecule has 0 aliphatic heterocycles. The van der Waals surface area contributed by atoms with E-state index in [0.717, 1.165) is 19.3 Å². The van der Waals surface area contributed by atoms with Gasteiger partial charge < -0.3 is 0 Å². The summed E-state index contributed by atoms with van der Waals surface area (Å²) in [4.78, 5) is 10.5. The highest BCUT2D eigenvalue weighted by molar-refractivity contribution is 6.63. The molecule has 0 aromatic rings. The fraction of sp³-hybridized carbons (Fsp3) is 0.833. The van der Waals surface area contributed by atoms with Crippen molar-refractivity contribution in [1.29, 1.82) is 0 Å². The number of unbranched alkanes of at least 4 members (excludes halogenated alkanes) is 11. The van der Waals surface area contributed by atoms with Crippen molar-refractivity contribution in [3.8, 4) is 0 Å². The molecule has 0 aromatic carbocycles. The van der Waals surface area contributed by atoms with Gasteiger partial charge in [-0.15, -0.1) is 0 Å². The first-order chi connectivity index (χ1) is 9.77. The van der Waals surface area contributed by atoms with Gasteiger partial charge in [-0.2, -0.15) is 0 Å². The fourth-order valence-corrected chi connectivity index (χ4v) is 2.47. The van der Waals surface area contributed by atoms with E-state index in [4.69, 9.17) is 11.6 Å². The number of carbonyl (C=O) groups excluding carboxylic acids is 1. The SMILES string of the molecule is CCCCCCCCCCCC=CCCCCC(=O)Cl. The van der Waals surface area contributed by atoms with Gasteiger partial charge in [-0.3, -0.25) is 4.79 Å². The number of allylic oxidation sites excluding steroid dienone is 2. The van der Waals surface area contributed by atoms with Gasteiger partial charge in [-0.25, -0.2) is 0 Å². The third kappa shape index (κ3) is 17.7. The van der Waals surface area contributed by atoms with Crippen LogP contribution in [-0.2, 0) is 4.79 Å². The summed E-state index contributed by atoms with van der Waals surface area (Å²) < 4.78 is 0. The Morgan fingerprint density at radius 3 is 1.70 bits per heavy atom. The quantitative estimate of drug-likeness (QED) is 0.185. The van der Waals surface area contributed by atoms with Crippen LogP contribution in [0.5, 0.6) is 0 Å². The molecule has 2 heteroatoms. The Bertz CT molecular complexity index is 236. The van der Waals surface area contributed by atoms with E-state index in [1.165, 1.54) is 64.2 Å². The largest absolute Gasteiger partial charge is 0.281 e. The highest BCUT2D eigenvalue weighted by Gasteiger charge is 1.94. The molecule has 0 amide bonds. The minimum absolute atomic E-state index is 0.205. The van der Waals surface area contributed by atoms with Gasteiger partial charge >= 0.3 is 0 Å². The second kappa shape index (κ2) is 16.8. The van der Waals surface area contributed by atoms with Crippen molar-refractivity contribution in [3.05, 3.63) is 12.2 Å². The molecule has 0 aliphatic carbocycles. The maximum absolute atomic E-state index is 10.5. The number of carbonyl (C=O) groups is 1. The number of hydrogen-bond acceptors (Lipinski definition) is 1. The van der Waals surface area contributed by atoms with E-state index in [1.54, 1.807) is 0 Å². The molecule has 0 spiro atoms. The highest BCUT2D eigenvalue weighted by Crippen LogP contribution is 2.11. The lowest BCUT2D eigenvalue weighted by molar-refractivity contribution is -0.111. The van der Waals surface area contributed by atoms with Crippen LogP contribution in [0.1, 0.15) is 96.8 Å². The third-order valence-electron chi connectivity index (χ3n) is 3.64. The van der Waals surface area contributed by atoms with Gasteiger partial charge in [0.2, 0.25) is 5.24 Å². The van der Waals surface area contributed by atoms with Gasteiger partial charge in [0, 0.05) is 6.42 Å². The zero-order valence-electron chi connectivity index (χ0n) is 13.3. The summed E-state index contributed by atoms with van der Waals surface area (Å²) in [6.45, 7) is 2.27. The third-order valence-corrected chi connectivity index (χ3v) is 3.82. The molecule has 0 radical (unpaired) electrons. The Balaban J connectivity index is 3.06. The predicted octanol–water partition coefficient (Wildman–Crippen LogP) is 6.79. The molecule has 118 valence electrons. The summed E-state index contributed by atoms with van der Waals surface area (Å²) in [5, 5.41) is -0.205. The van der Waals surface area contributed by atoms with E-state index >= 15 is 0 Å². The molecule has 0 saturated carbocycles. The molecule has 1 nitrogen and oxygen atoms in total. The number of halogens is 1. The monoisotopic (exact) mass is 300 g/mol. The maximum Gasteiger partial charge on any atom is 0.221 e. The number of hydrogen-bond donors (Lipinski definition) is 0. The van der Waals surface area contributed by atoms with E-state index in [-0.39, 0.29) is 5.24 Å². The average molecular weight is 301 g/mol. The maximum atomic E-state index is 10.5. The molecule has 0 heterocycles. The zero-order valence-corrected chi connectivity index (χ0v) is 14.1. The highest BCUT2D eigenvalue weighted by atomic mass is 35.5. The van der Waals surface area contributed by atoms with Crippen LogP contribution >= 0.6 is 11.6 Å². The van der Waals surface area contributed by atoms with Crippen molar-refractivity contribution >= 4 is 16.8 Å². The topological polar surface area (TPSA) is 17.1 Å². The van der Waals surface area contributed by atoms with Crippen LogP contribution in [0.3, 0.4) is 0 Å². The Morgan fingerprint density at radius 2 is 1.20 bits per heavy atom. The number of rotatable bonds is 15. The van der Waals surface area contributed by atoms with Crippen molar-refractivity contribution in [2.75, 3.05) is 0 Å². The average Bonchev–Trinajstić information content (AvgIpc) is 2.43. The fourth-order valence-electron chi connectivity index (χ4n) is 2.33. The summed E-state index contributed by atoms with van der Waals surface area (Å²) in [5.74, 6) is 0. The van der Waals surface area contributed by atoms with Crippen molar-refractivity contribution in [2.24, 2.45) is 0 Å². The Kier molecular flexibility index (Phi) is 16.5. The first kappa shape index (κ1) is 19.7. The van der Waals surface area contributed by atoms with Crippen LogP contribution in [0.4, 0.5) is 0 Å². The summed E-state index contributed by atoms with van der Waals surface area (Å²) in [7, 11) is 0. The van der Waals surface area contributed by atoms with E-state index < -0.39 is 0 Å². The van der Waals surface area contributed by atoms with E-state index in [9.17, 15) is 4.79 Å². The summed E-state index contributed by atoms with van der Waals surface area (Å²) in [6, 6.07) is 0. The van der Waals surface area contributed by atoms with Gasteiger partial charge in [0.25, 0.3) is 0 Å². The van der Waals surface area contributed by atoms with E-state index in [0.29, 0.717) is 6.42 Å². The first-order valence-corrected chi connectivity index (χ1v) is 8.98. The molecule has 0 N–H and O–H groups in total. The van der Waals surface area contributed by atoms with E-state index in [2.05, 4.69) is 19.1 Å². The molecule has 0 bridgehead atoms. The smallest absolute Gasteiger partial charge is 0.221 e. The van der Waals surface area contributed by atoms with Gasteiger partial charge in [-0.1, -0.05) is 70.4 Å². The second-order valence-corrected chi connectivity index (χ2v) is 6.11. The minimum atomic E-state index is -0.205. The van der Waals surface area contributed by atoms with Crippen LogP contribution in [0, 0.1) is 0 Å².